The van der Waals surface area contributed by atoms with E-state index in [0.717, 1.165) is 5.56 Å². The normalized spacial score (nSPS) is 10.4. The molecule has 0 fully saturated rings. The number of nitrogen functional groups attached to an aromatic ring is 1. The smallest absolute Gasteiger partial charge is 0.261 e. The molecule has 0 radical (unpaired) electrons. The zero-order valence-corrected chi connectivity index (χ0v) is 11.5. The molecule has 0 aromatic carbocycles. The number of rotatable bonds is 5. The third kappa shape index (κ3) is 2.63. The maximum atomic E-state index is 11.2. The molecule has 5 N–H and O–H groups in total. The van der Waals surface area contributed by atoms with Crippen LogP contribution in [0.25, 0.3) is 0 Å². The van der Waals surface area contributed by atoms with Crippen molar-refractivity contribution in [2.24, 2.45) is 12.8 Å². The summed E-state index contributed by atoms with van der Waals surface area (Å²) in [6.07, 6.45) is 3.65. The fourth-order valence-electron chi connectivity index (χ4n) is 1.68. The number of primary amides is 1. The monoisotopic (exact) mass is 281 g/mol. The van der Waals surface area contributed by atoms with Gasteiger partial charge >= 0.3 is 0 Å². The Bertz CT molecular complexity index is 604. The molecule has 7 nitrogen and oxygen atoms in total. The largest absolute Gasteiger partial charge is 0.492 e. The molecule has 0 spiro atoms. The van der Waals surface area contributed by atoms with E-state index in [9.17, 15) is 4.79 Å². The predicted molar refractivity (Wildman–Crippen MR) is 74.3 cm³/mol. The molecular formula is C11H15N5O2S. The summed E-state index contributed by atoms with van der Waals surface area (Å²) in [5.74, 6) is -0.113. The van der Waals surface area contributed by atoms with Gasteiger partial charge in [0.1, 0.15) is 15.6 Å². The zero-order chi connectivity index (χ0) is 14.0. The number of hydrogen-bond acceptors (Lipinski definition) is 6. The fraction of sp³-hybridized carbons (Fsp3) is 0.273. The van der Waals surface area contributed by atoms with E-state index in [1.807, 2.05) is 13.2 Å². The highest BCUT2D eigenvalue weighted by molar-refractivity contribution is 7.19. The number of carbonyl (C=O) groups excluding carboxylic acids is 1. The number of nitrogens with one attached hydrogen (secondary N) is 1. The summed E-state index contributed by atoms with van der Waals surface area (Å²) < 4.78 is 6.91. The Kier molecular flexibility index (Phi) is 3.61. The Morgan fingerprint density at radius 1 is 1.63 bits per heavy atom. The SMILES string of the molecule is COc1c(NCc2cnn(C)c2)sc(C(N)=O)c1N. The van der Waals surface area contributed by atoms with E-state index in [2.05, 4.69) is 10.4 Å². The highest BCUT2D eigenvalue weighted by atomic mass is 32.1. The van der Waals surface area contributed by atoms with E-state index >= 15 is 0 Å². The molecule has 2 rings (SSSR count). The lowest BCUT2D eigenvalue weighted by Crippen LogP contribution is -2.10. The summed E-state index contributed by atoms with van der Waals surface area (Å²) in [5, 5.41) is 7.91. The van der Waals surface area contributed by atoms with Gasteiger partial charge in [0, 0.05) is 25.4 Å². The first kappa shape index (κ1) is 13.2. The van der Waals surface area contributed by atoms with Crippen LogP contribution in [0.1, 0.15) is 15.2 Å². The van der Waals surface area contributed by atoms with Crippen molar-refractivity contribution >= 4 is 27.9 Å². The lowest BCUT2D eigenvalue weighted by atomic mass is 10.3. The molecule has 2 heterocycles. The van der Waals surface area contributed by atoms with Crippen LogP contribution in [0, 0.1) is 0 Å². The summed E-state index contributed by atoms with van der Waals surface area (Å²) in [6.45, 7) is 0.558. The van der Waals surface area contributed by atoms with E-state index in [1.165, 1.54) is 18.4 Å². The van der Waals surface area contributed by atoms with Crippen molar-refractivity contribution in [1.29, 1.82) is 0 Å². The van der Waals surface area contributed by atoms with Crippen LogP contribution in [0.3, 0.4) is 0 Å². The first-order chi connectivity index (χ1) is 9.02. The molecule has 0 saturated heterocycles. The first-order valence-electron chi connectivity index (χ1n) is 5.50. The van der Waals surface area contributed by atoms with Crippen molar-refractivity contribution in [2.45, 2.75) is 6.54 Å². The Hall–Kier alpha value is -2.22. The number of ether oxygens (including phenoxy) is 1. The lowest BCUT2D eigenvalue weighted by Gasteiger charge is -2.05. The van der Waals surface area contributed by atoms with Gasteiger partial charge in [-0.25, -0.2) is 0 Å². The van der Waals surface area contributed by atoms with Crippen molar-refractivity contribution in [3.8, 4) is 5.75 Å². The van der Waals surface area contributed by atoms with Gasteiger partial charge in [0.05, 0.1) is 13.3 Å². The minimum Gasteiger partial charge on any atom is -0.492 e. The molecule has 0 aliphatic rings. The quantitative estimate of drug-likeness (QED) is 0.750. The second-order valence-corrected chi connectivity index (χ2v) is 4.97. The molecule has 2 aromatic heterocycles. The fourth-order valence-corrected chi connectivity index (χ4v) is 2.61. The molecule has 0 atom stereocenters. The van der Waals surface area contributed by atoms with Gasteiger partial charge in [-0.1, -0.05) is 0 Å². The summed E-state index contributed by atoms with van der Waals surface area (Å²) in [7, 11) is 3.34. The van der Waals surface area contributed by atoms with Gasteiger partial charge < -0.3 is 21.5 Å². The third-order valence-electron chi connectivity index (χ3n) is 2.54. The zero-order valence-electron chi connectivity index (χ0n) is 10.6. The van der Waals surface area contributed by atoms with E-state index in [4.69, 9.17) is 16.2 Å². The Balaban J connectivity index is 2.20. The number of amides is 1. The van der Waals surface area contributed by atoms with E-state index in [-0.39, 0.29) is 5.69 Å². The molecule has 0 unspecified atom stereocenters. The molecule has 19 heavy (non-hydrogen) atoms. The molecule has 0 saturated carbocycles. The number of hydrogen-bond donors (Lipinski definition) is 3. The molecule has 102 valence electrons. The molecule has 1 amide bonds. The average Bonchev–Trinajstić information content (AvgIpc) is 2.90. The number of anilines is 2. The van der Waals surface area contributed by atoms with Crippen molar-refractivity contribution in [3.63, 3.8) is 0 Å². The van der Waals surface area contributed by atoms with Gasteiger partial charge in [0.15, 0.2) is 5.75 Å². The second kappa shape index (κ2) is 5.19. The molecular weight excluding hydrogens is 266 g/mol. The summed E-state index contributed by atoms with van der Waals surface area (Å²) in [5.41, 5.74) is 12.4. The predicted octanol–water partition coefficient (Wildman–Crippen LogP) is 0.783. The number of carbonyl (C=O) groups is 1. The van der Waals surface area contributed by atoms with E-state index in [0.29, 0.717) is 22.2 Å². The van der Waals surface area contributed by atoms with Crippen LogP contribution in [-0.2, 0) is 13.6 Å². The maximum Gasteiger partial charge on any atom is 0.261 e. The van der Waals surface area contributed by atoms with Crippen molar-refractivity contribution in [3.05, 3.63) is 22.8 Å². The molecule has 0 aliphatic heterocycles. The summed E-state index contributed by atoms with van der Waals surface area (Å²) in [6, 6.07) is 0. The minimum absolute atomic E-state index is 0.272. The number of methoxy groups -OCH3 is 1. The van der Waals surface area contributed by atoms with Crippen LogP contribution in [-0.4, -0.2) is 22.8 Å². The number of thiophene rings is 1. The van der Waals surface area contributed by atoms with Crippen LogP contribution in [0.2, 0.25) is 0 Å². The standard InChI is InChI=1S/C11H15N5O2S/c1-16-5-6(4-15-16)3-14-11-8(18-2)7(12)9(19-11)10(13)17/h4-5,14H,3,12H2,1-2H3,(H2,13,17). The molecule has 0 bridgehead atoms. The van der Waals surface area contributed by atoms with Crippen LogP contribution < -0.4 is 21.5 Å². The maximum absolute atomic E-state index is 11.2. The topological polar surface area (TPSA) is 108 Å². The number of nitrogens with two attached hydrogens (primary N) is 2. The number of aryl methyl sites for hydroxylation is 1. The van der Waals surface area contributed by atoms with Crippen molar-refractivity contribution in [2.75, 3.05) is 18.2 Å². The highest BCUT2D eigenvalue weighted by Crippen LogP contribution is 2.42. The Labute approximate surface area is 114 Å². The van der Waals surface area contributed by atoms with Gasteiger partial charge in [-0.05, 0) is 0 Å². The van der Waals surface area contributed by atoms with Crippen LogP contribution in [0.15, 0.2) is 12.4 Å². The highest BCUT2D eigenvalue weighted by Gasteiger charge is 2.19. The average molecular weight is 281 g/mol. The van der Waals surface area contributed by atoms with E-state index < -0.39 is 5.91 Å². The van der Waals surface area contributed by atoms with Gasteiger partial charge in [0.2, 0.25) is 0 Å². The first-order valence-corrected chi connectivity index (χ1v) is 6.32. The van der Waals surface area contributed by atoms with Crippen LogP contribution in [0.5, 0.6) is 5.75 Å². The van der Waals surface area contributed by atoms with Crippen molar-refractivity contribution < 1.29 is 9.53 Å². The van der Waals surface area contributed by atoms with Gasteiger partial charge in [-0.15, -0.1) is 11.3 Å². The third-order valence-corrected chi connectivity index (χ3v) is 3.70. The minimum atomic E-state index is -0.560. The Morgan fingerprint density at radius 3 is 2.89 bits per heavy atom. The molecule has 8 heteroatoms. The van der Waals surface area contributed by atoms with Gasteiger partial charge in [0.25, 0.3) is 5.91 Å². The number of nitrogens with zero attached hydrogens (tertiary/aromatic N) is 2. The van der Waals surface area contributed by atoms with Gasteiger partial charge in [-0.2, -0.15) is 5.10 Å². The Morgan fingerprint density at radius 2 is 2.37 bits per heavy atom. The molecule has 2 aromatic rings. The van der Waals surface area contributed by atoms with Gasteiger partial charge in [-0.3, -0.25) is 9.48 Å². The van der Waals surface area contributed by atoms with E-state index in [1.54, 1.807) is 10.9 Å². The summed E-state index contributed by atoms with van der Waals surface area (Å²) >= 11 is 1.18. The second-order valence-electron chi connectivity index (χ2n) is 3.95. The van der Waals surface area contributed by atoms with Crippen LogP contribution >= 0.6 is 11.3 Å². The number of aromatic nitrogens is 2. The van der Waals surface area contributed by atoms with Crippen molar-refractivity contribution in [1.82, 2.24) is 9.78 Å². The van der Waals surface area contributed by atoms with Crippen LogP contribution in [0.4, 0.5) is 10.7 Å². The lowest BCUT2D eigenvalue weighted by molar-refractivity contribution is 0.100. The summed E-state index contributed by atoms with van der Waals surface area (Å²) in [4.78, 5) is 11.5. The molecule has 0 aliphatic carbocycles.